The first kappa shape index (κ1) is 17.5. The van der Waals surface area contributed by atoms with E-state index in [9.17, 15) is 4.79 Å². The zero-order chi connectivity index (χ0) is 16.0. The number of urea groups is 1. The molecule has 0 saturated heterocycles. The normalized spacial score (nSPS) is 12.3. The molecule has 6 heteroatoms. The van der Waals surface area contributed by atoms with Crippen molar-refractivity contribution in [1.29, 1.82) is 0 Å². The molecule has 0 fully saturated rings. The summed E-state index contributed by atoms with van der Waals surface area (Å²) < 4.78 is 1.87. The highest BCUT2D eigenvalue weighted by atomic mass is 16.3. The standard InChI is InChI=1S/C15H28N4O2/c1-6-7-19(8-9-20)15(21)16-11(2)10-14-12(3)17-18(5)13(14)4/h11,20H,6-10H2,1-5H3,(H,16,21). The molecule has 0 aliphatic carbocycles. The average molecular weight is 296 g/mol. The number of amides is 2. The van der Waals surface area contributed by atoms with Gasteiger partial charge in [-0.1, -0.05) is 6.92 Å². The Bertz CT molecular complexity index is 464. The molecule has 0 aliphatic rings. The fourth-order valence-corrected chi connectivity index (χ4v) is 2.48. The average Bonchev–Trinajstić information content (AvgIpc) is 2.65. The van der Waals surface area contributed by atoms with Crippen molar-refractivity contribution in [3.05, 3.63) is 17.0 Å². The fraction of sp³-hybridized carbons (Fsp3) is 0.733. The van der Waals surface area contributed by atoms with Crippen LogP contribution < -0.4 is 5.32 Å². The molecule has 0 aliphatic heterocycles. The number of aliphatic hydroxyl groups excluding tert-OH is 1. The van der Waals surface area contributed by atoms with Gasteiger partial charge in [0.1, 0.15) is 0 Å². The number of rotatable bonds is 7. The van der Waals surface area contributed by atoms with E-state index in [1.807, 2.05) is 39.4 Å². The highest BCUT2D eigenvalue weighted by Gasteiger charge is 2.17. The first-order valence-electron chi connectivity index (χ1n) is 7.56. The number of carbonyl (C=O) groups excluding carboxylic acids is 1. The smallest absolute Gasteiger partial charge is 0.317 e. The van der Waals surface area contributed by atoms with Crippen molar-refractivity contribution < 1.29 is 9.90 Å². The third-order valence-corrected chi connectivity index (χ3v) is 3.69. The molecule has 6 nitrogen and oxygen atoms in total. The zero-order valence-corrected chi connectivity index (χ0v) is 13.8. The molecule has 0 radical (unpaired) electrons. The summed E-state index contributed by atoms with van der Waals surface area (Å²) in [7, 11) is 1.93. The van der Waals surface area contributed by atoms with Crippen LogP contribution in [0.4, 0.5) is 4.79 Å². The molecule has 21 heavy (non-hydrogen) atoms. The van der Waals surface area contributed by atoms with Crippen LogP contribution in [0.15, 0.2) is 0 Å². The third kappa shape index (κ3) is 4.74. The summed E-state index contributed by atoms with van der Waals surface area (Å²) >= 11 is 0. The molecule has 2 N–H and O–H groups in total. The number of aromatic nitrogens is 2. The SMILES string of the molecule is CCCN(CCO)C(=O)NC(C)Cc1c(C)nn(C)c1C. The number of nitrogens with one attached hydrogen (secondary N) is 1. The Morgan fingerprint density at radius 2 is 2.10 bits per heavy atom. The second kappa shape index (κ2) is 8.02. The number of hydrogen-bond donors (Lipinski definition) is 2. The van der Waals surface area contributed by atoms with E-state index in [0.29, 0.717) is 13.1 Å². The Balaban J connectivity index is 2.63. The minimum atomic E-state index is -0.113. The Morgan fingerprint density at radius 1 is 1.43 bits per heavy atom. The number of carbonyl (C=O) groups is 1. The van der Waals surface area contributed by atoms with Gasteiger partial charge in [-0.05, 0) is 39.2 Å². The first-order valence-corrected chi connectivity index (χ1v) is 7.56. The summed E-state index contributed by atoms with van der Waals surface area (Å²) in [5.41, 5.74) is 3.33. The summed E-state index contributed by atoms with van der Waals surface area (Å²) in [6.07, 6.45) is 1.64. The van der Waals surface area contributed by atoms with E-state index in [1.54, 1.807) is 4.90 Å². The monoisotopic (exact) mass is 296 g/mol. The van der Waals surface area contributed by atoms with Crippen molar-refractivity contribution in [3.8, 4) is 0 Å². The van der Waals surface area contributed by atoms with Crippen LogP contribution in [0.3, 0.4) is 0 Å². The van der Waals surface area contributed by atoms with Gasteiger partial charge in [0.15, 0.2) is 0 Å². The lowest BCUT2D eigenvalue weighted by Gasteiger charge is -2.24. The molecular formula is C15H28N4O2. The third-order valence-electron chi connectivity index (χ3n) is 3.69. The van der Waals surface area contributed by atoms with Gasteiger partial charge >= 0.3 is 6.03 Å². The molecule has 2 amide bonds. The molecule has 1 heterocycles. The summed E-state index contributed by atoms with van der Waals surface area (Å²) in [5.74, 6) is 0. The van der Waals surface area contributed by atoms with Gasteiger partial charge in [0.25, 0.3) is 0 Å². The Labute approximate surface area is 127 Å². The fourth-order valence-electron chi connectivity index (χ4n) is 2.48. The molecule has 1 aromatic rings. The van der Waals surface area contributed by atoms with Crippen LogP contribution in [0.5, 0.6) is 0 Å². The van der Waals surface area contributed by atoms with Gasteiger partial charge in [-0.2, -0.15) is 5.10 Å². The molecule has 1 rings (SSSR count). The molecule has 0 spiro atoms. The summed E-state index contributed by atoms with van der Waals surface area (Å²) in [4.78, 5) is 13.8. The van der Waals surface area contributed by atoms with Crippen molar-refractivity contribution in [2.24, 2.45) is 7.05 Å². The lowest BCUT2D eigenvalue weighted by Crippen LogP contribution is -2.46. The quantitative estimate of drug-likeness (QED) is 0.798. The van der Waals surface area contributed by atoms with Crippen LogP contribution in [0.2, 0.25) is 0 Å². The number of nitrogens with zero attached hydrogens (tertiary/aromatic N) is 3. The van der Waals surface area contributed by atoms with Crippen LogP contribution in [-0.4, -0.2) is 51.6 Å². The second-order valence-corrected chi connectivity index (χ2v) is 5.54. The maximum absolute atomic E-state index is 12.2. The van der Waals surface area contributed by atoms with Crippen LogP contribution in [0.1, 0.15) is 37.2 Å². The lowest BCUT2D eigenvalue weighted by molar-refractivity contribution is 0.174. The van der Waals surface area contributed by atoms with E-state index in [1.165, 1.54) is 5.56 Å². The van der Waals surface area contributed by atoms with Gasteiger partial charge in [0.2, 0.25) is 0 Å². The minimum absolute atomic E-state index is 0.0113. The first-order chi connectivity index (χ1) is 9.90. The van der Waals surface area contributed by atoms with Gasteiger partial charge in [-0.25, -0.2) is 4.79 Å². The molecule has 1 aromatic heterocycles. The van der Waals surface area contributed by atoms with Crippen molar-refractivity contribution in [1.82, 2.24) is 20.0 Å². The molecule has 0 bridgehead atoms. The summed E-state index contributed by atoms with van der Waals surface area (Å²) in [6, 6.07) is -0.0882. The molecule has 120 valence electrons. The number of aryl methyl sites for hydroxylation is 2. The predicted octanol–water partition coefficient (Wildman–Crippen LogP) is 1.38. The van der Waals surface area contributed by atoms with Crippen molar-refractivity contribution in [2.45, 2.75) is 46.6 Å². The largest absolute Gasteiger partial charge is 0.395 e. The minimum Gasteiger partial charge on any atom is -0.395 e. The highest BCUT2D eigenvalue weighted by Crippen LogP contribution is 2.14. The van der Waals surface area contributed by atoms with E-state index >= 15 is 0 Å². The van der Waals surface area contributed by atoms with Crippen LogP contribution in [-0.2, 0) is 13.5 Å². The molecule has 1 unspecified atom stereocenters. The topological polar surface area (TPSA) is 70.4 Å². The van der Waals surface area contributed by atoms with E-state index < -0.39 is 0 Å². The van der Waals surface area contributed by atoms with Crippen molar-refractivity contribution in [2.75, 3.05) is 19.7 Å². The maximum atomic E-state index is 12.2. The molecule has 1 atom stereocenters. The van der Waals surface area contributed by atoms with E-state index in [4.69, 9.17) is 5.11 Å². The van der Waals surface area contributed by atoms with Gasteiger partial charge < -0.3 is 15.3 Å². The second-order valence-electron chi connectivity index (χ2n) is 5.54. The molecular weight excluding hydrogens is 268 g/mol. The zero-order valence-electron chi connectivity index (χ0n) is 13.8. The number of hydrogen-bond acceptors (Lipinski definition) is 3. The van der Waals surface area contributed by atoms with Gasteiger partial charge in [0.05, 0.1) is 12.3 Å². The number of aliphatic hydroxyl groups is 1. The maximum Gasteiger partial charge on any atom is 0.317 e. The predicted molar refractivity (Wildman–Crippen MR) is 83.3 cm³/mol. The van der Waals surface area contributed by atoms with Gasteiger partial charge in [-0.3, -0.25) is 4.68 Å². The van der Waals surface area contributed by atoms with Gasteiger partial charge in [-0.15, -0.1) is 0 Å². The highest BCUT2D eigenvalue weighted by molar-refractivity contribution is 5.74. The molecule has 0 aromatic carbocycles. The Hall–Kier alpha value is -1.56. The van der Waals surface area contributed by atoms with E-state index in [-0.39, 0.29) is 18.7 Å². The van der Waals surface area contributed by atoms with Crippen molar-refractivity contribution >= 4 is 6.03 Å². The Morgan fingerprint density at radius 3 is 2.57 bits per heavy atom. The summed E-state index contributed by atoms with van der Waals surface area (Å²) in [5, 5.41) is 16.4. The van der Waals surface area contributed by atoms with Crippen LogP contribution in [0, 0.1) is 13.8 Å². The van der Waals surface area contributed by atoms with Crippen LogP contribution >= 0.6 is 0 Å². The van der Waals surface area contributed by atoms with E-state index in [2.05, 4.69) is 10.4 Å². The summed E-state index contributed by atoms with van der Waals surface area (Å²) in [6.45, 7) is 9.06. The van der Waals surface area contributed by atoms with Crippen molar-refractivity contribution in [3.63, 3.8) is 0 Å². The van der Waals surface area contributed by atoms with Gasteiger partial charge in [0, 0.05) is 31.9 Å². The van der Waals surface area contributed by atoms with Crippen LogP contribution in [0.25, 0.3) is 0 Å². The molecule has 0 saturated carbocycles. The van der Waals surface area contributed by atoms with E-state index in [0.717, 1.165) is 24.2 Å². The lowest BCUT2D eigenvalue weighted by atomic mass is 10.1. The Kier molecular flexibility index (Phi) is 6.68.